The van der Waals surface area contributed by atoms with Gasteiger partial charge in [0.15, 0.2) is 0 Å². The lowest BCUT2D eigenvalue weighted by Gasteiger charge is -2.03. The molecule has 4 heteroatoms. The number of rotatable bonds is 2. The highest BCUT2D eigenvalue weighted by Crippen LogP contribution is 2.23. The second kappa shape index (κ2) is 3.94. The molecule has 1 aromatic carbocycles. The van der Waals surface area contributed by atoms with Gasteiger partial charge in [0.05, 0.1) is 4.90 Å². The van der Waals surface area contributed by atoms with E-state index in [-0.39, 0.29) is 4.90 Å². The van der Waals surface area contributed by atoms with Crippen molar-refractivity contribution in [3.63, 3.8) is 0 Å². The predicted molar refractivity (Wildman–Crippen MR) is 50.9 cm³/mol. The Balaban J connectivity index is 3.10. The van der Waals surface area contributed by atoms with Crippen molar-refractivity contribution in [1.82, 2.24) is 0 Å². The number of thioether (sulfide) groups is 1. The van der Waals surface area contributed by atoms with Gasteiger partial charge in [-0.3, -0.25) is 0 Å². The van der Waals surface area contributed by atoms with Gasteiger partial charge in [0.2, 0.25) is 0 Å². The van der Waals surface area contributed by atoms with Crippen molar-refractivity contribution in [2.75, 3.05) is 5.75 Å². The first-order valence-electron chi connectivity index (χ1n) is 3.73. The summed E-state index contributed by atoms with van der Waals surface area (Å²) in [7, 11) is 1.67. The molecule has 0 heterocycles. The maximum atomic E-state index is 13.0. The molecule has 0 aromatic heterocycles. The van der Waals surface area contributed by atoms with Crippen LogP contribution in [0.15, 0.2) is 17.0 Å². The molecule has 0 aliphatic heterocycles. The Morgan fingerprint density at radius 2 is 1.83 bits per heavy atom. The minimum Gasteiger partial charge on any atom is -0.206 e. The Morgan fingerprint density at radius 3 is 2.25 bits per heavy atom. The molecule has 0 N–H and O–H groups in total. The van der Waals surface area contributed by atoms with Crippen molar-refractivity contribution in [3.8, 4) is 0 Å². The fraction of sp³-hybridized carbons (Fsp3) is 0.250. The molecule has 0 nitrogen and oxygen atoms in total. The largest absolute Gasteiger partial charge is 0.206 e. The molecule has 1 rings (SSSR count). The van der Waals surface area contributed by atoms with Gasteiger partial charge < -0.3 is 0 Å². The van der Waals surface area contributed by atoms with Gasteiger partial charge in [-0.1, -0.05) is 12.4 Å². The molecule has 12 heavy (non-hydrogen) atoms. The van der Waals surface area contributed by atoms with Crippen LogP contribution in [0.3, 0.4) is 0 Å². The van der Waals surface area contributed by atoms with Crippen molar-refractivity contribution in [2.45, 2.75) is 11.8 Å². The summed E-state index contributed by atoms with van der Waals surface area (Å²) in [5.74, 6) is -0.240. The van der Waals surface area contributed by atoms with Gasteiger partial charge in [0, 0.05) is 0 Å². The first-order chi connectivity index (χ1) is 5.65. The van der Waals surface area contributed by atoms with Gasteiger partial charge in [-0.25, -0.2) is 8.78 Å². The summed E-state index contributed by atoms with van der Waals surface area (Å²) >= 11 is 1.19. The molecule has 64 valence electrons. The monoisotopic (exact) mass is 186 g/mol. The molecule has 0 aliphatic rings. The van der Waals surface area contributed by atoms with E-state index < -0.39 is 11.6 Å². The second-order valence-corrected chi connectivity index (χ2v) is 3.76. The fourth-order valence-corrected chi connectivity index (χ4v) is 1.65. The van der Waals surface area contributed by atoms with Gasteiger partial charge in [-0.2, -0.15) is 0 Å². The maximum absolute atomic E-state index is 13.0. The van der Waals surface area contributed by atoms with Crippen molar-refractivity contribution in [3.05, 3.63) is 23.8 Å². The average Bonchev–Trinajstić information content (AvgIpc) is 1.96. The van der Waals surface area contributed by atoms with E-state index in [4.69, 9.17) is 0 Å². The Bertz CT molecular complexity index is 265. The zero-order valence-electron chi connectivity index (χ0n) is 7.03. The molecule has 1 aromatic rings. The zero-order chi connectivity index (χ0) is 9.14. The van der Waals surface area contributed by atoms with Crippen LogP contribution in [0, 0.1) is 11.6 Å². The second-order valence-electron chi connectivity index (χ2n) is 2.49. The van der Waals surface area contributed by atoms with Crippen molar-refractivity contribution < 1.29 is 8.78 Å². The summed E-state index contributed by atoms with van der Waals surface area (Å²) in [6, 6.07) is 2.70. The van der Waals surface area contributed by atoms with Gasteiger partial charge >= 0.3 is 0 Å². The van der Waals surface area contributed by atoms with Crippen LogP contribution >= 0.6 is 11.8 Å². The molecule has 0 saturated heterocycles. The van der Waals surface area contributed by atoms with Crippen LogP contribution in [0.1, 0.15) is 6.92 Å². The van der Waals surface area contributed by atoms with Gasteiger partial charge in [0.25, 0.3) is 0 Å². The number of halogens is 2. The number of hydrogen-bond acceptors (Lipinski definition) is 1. The molecule has 0 amide bonds. The molecule has 0 unspecified atom stereocenters. The van der Waals surface area contributed by atoms with Crippen LogP contribution in [0.4, 0.5) is 8.78 Å². The lowest BCUT2D eigenvalue weighted by atomic mass is 9.96. The Labute approximate surface area is 75.8 Å². The normalized spacial score (nSPS) is 10.2. The minimum atomic E-state index is -0.459. The highest BCUT2D eigenvalue weighted by atomic mass is 32.2. The van der Waals surface area contributed by atoms with E-state index in [2.05, 4.69) is 0 Å². The SMILES string of the molecule is Bc1cc(F)c(SCC)c(F)c1. The first kappa shape index (κ1) is 9.58. The van der Waals surface area contributed by atoms with E-state index >= 15 is 0 Å². The molecule has 0 saturated carbocycles. The van der Waals surface area contributed by atoms with E-state index in [1.165, 1.54) is 23.9 Å². The molecule has 0 aliphatic carbocycles. The van der Waals surface area contributed by atoms with E-state index in [0.717, 1.165) is 0 Å². The fourth-order valence-electron chi connectivity index (χ4n) is 0.969. The number of hydrogen-bond donors (Lipinski definition) is 0. The predicted octanol–water partition coefficient (Wildman–Crippen LogP) is 1.34. The van der Waals surface area contributed by atoms with Crippen LogP contribution < -0.4 is 5.46 Å². The first-order valence-corrected chi connectivity index (χ1v) is 4.72. The molecular formula is C8H9BF2S. The van der Waals surface area contributed by atoms with Crippen molar-refractivity contribution in [1.29, 1.82) is 0 Å². The summed E-state index contributed by atoms with van der Waals surface area (Å²) in [6.45, 7) is 1.86. The Kier molecular flexibility index (Phi) is 3.15. The third kappa shape index (κ3) is 2.00. The molecule has 0 radical (unpaired) electrons. The van der Waals surface area contributed by atoms with Crippen molar-refractivity contribution >= 4 is 25.1 Å². The topological polar surface area (TPSA) is 0 Å². The van der Waals surface area contributed by atoms with Gasteiger partial charge in [0.1, 0.15) is 19.5 Å². The van der Waals surface area contributed by atoms with Crippen LogP contribution in [0.5, 0.6) is 0 Å². The summed E-state index contributed by atoms with van der Waals surface area (Å²) in [4.78, 5) is 0.128. The van der Waals surface area contributed by atoms with Gasteiger partial charge in [-0.05, 0) is 17.9 Å². The molecule has 0 fully saturated rings. The smallest absolute Gasteiger partial charge is 0.139 e. The Hall–Kier alpha value is -0.505. The zero-order valence-corrected chi connectivity index (χ0v) is 7.84. The minimum absolute atomic E-state index is 0.128. The molecule has 0 atom stereocenters. The van der Waals surface area contributed by atoms with E-state index in [1.54, 1.807) is 7.85 Å². The highest BCUT2D eigenvalue weighted by molar-refractivity contribution is 7.99. The molecule has 0 bridgehead atoms. The third-order valence-corrected chi connectivity index (χ3v) is 2.40. The third-order valence-electron chi connectivity index (χ3n) is 1.43. The van der Waals surface area contributed by atoms with Crippen LogP contribution in [0.25, 0.3) is 0 Å². The van der Waals surface area contributed by atoms with Gasteiger partial charge in [-0.15, -0.1) is 11.8 Å². The lowest BCUT2D eigenvalue weighted by molar-refractivity contribution is 0.542. The summed E-state index contributed by atoms with van der Waals surface area (Å²) < 4.78 is 26.1. The quantitative estimate of drug-likeness (QED) is 0.496. The Morgan fingerprint density at radius 1 is 1.33 bits per heavy atom. The van der Waals surface area contributed by atoms with E-state index in [0.29, 0.717) is 11.2 Å². The summed E-state index contributed by atoms with van der Waals surface area (Å²) in [6.07, 6.45) is 0. The number of benzene rings is 1. The van der Waals surface area contributed by atoms with E-state index in [9.17, 15) is 8.78 Å². The summed E-state index contributed by atoms with van der Waals surface area (Å²) in [5, 5.41) is 0. The maximum Gasteiger partial charge on any atom is 0.139 e. The van der Waals surface area contributed by atoms with Crippen LogP contribution in [-0.2, 0) is 0 Å². The van der Waals surface area contributed by atoms with Crippen molar-refractivity contribution in [2.24, 2.45) is 0 Å². The van der Waals surface area contributed by atoms with Crippen LogP contribution in [0.2, 0.25) is 0 Å². The average molecular weight is 186 g/mol. The molecular weight excluding hydrogens is 177 g/mol. The highest BCUT2D eigenvalue weighted by Gasteiger charge is 2.08. The summed E-state index contributed by atoms with van der Waals surface area (Å²) in [5.41, 5.74) is 0.616. The van der Waals surface area contributed by atoms with E-state index in [1.807, 2.05) is 6.92 Å². The molecule has 0 spiro atoms. The van der Waals surface area contributed by atoms with Crippen LogP contribution in [-0.4, -0.2) is 13.6 Å². The standard InChI is InChI=1S/C8H9BF2S/c1-2-12-8-6(10)3-5(9)4-7(8)11/h3-4H,2,9H2,1H3. The lowest BCUT2D eigenvalue weighted by Crippen LogP contribution is -2.05.